The Balaban J connectivity index is 2.30. The van der Waals surface area contributed by atoms with Crippen molar-refractivity contribution < 1.29 is 27.4 Å². The highest BCUT2D eigenvalue weighted by molar-refractivity contribution is 7.80. The van der Waals surface area contributed by atoms with Crippen LogP contribution in [0.1, 0.15) is 17.5 Å². The smallest absolute Gasteiger partial charge is 0.419 e. The van der Waals surface area contributed by atoms with E-state index in [0.717, 1.165) is 6.07 Å². The number of terminal acetylenes is 1. The van der Waals surface area contributed by atoms with E-state index in [1.54, 1.807) is 4.90 Å². The van der Waals surface area contributed by atoms with E-state index in [-0.39, 0.29) is 22.9 Å². The zero-order valence-electron chi connectivity index (χ0n) is 12.7. The zero-order chi connectivity index (χ0) is 17.9. The summed E-state index contributed by atoms with van der Waals surface area (Å²) in [5, 5.41) is 0. The molecular formula is C16H14F3NO3S. The van der Waals surface area contributed by atoms with Crippen LogP contribution in [-0.4, -0.2) is 42.2 Å². The Bertz CT molecular complexity index is 697. The average molecular weight is 357 g/mol. The van der Waals surface area contributed by atoms with Crippen LogP contribution in [0, 0.1) is 12.3 Å². The fraction of sp³-hybridized carbons (Fsp3) is 0.375. The Morgan fingerprint density at radius 3 is 2.71 bits per heavy atom. The maximum absolute atomic E-state index is 13.2. The van der Waals surface area contributed by atoms with Gasteiger partial charge in [-0.05, 0) is 24.6 Å². The van der Waals surface area contributed by atoms with Crippen molar-refractivity contribution in [1.29, 1.82) is 0 Å². The van der Waals surface area contributed by atoms with E-state index in [9.17, 15) is 18.0 Å². The Morgan fingerprint density at radius 1 is 1.50 bits per heavy atom. The summed E-state index contributed by atoms with van der Waals surface area (Å²) in [6.07, 6.45) is 0.933. The number of methoxy groups -OCH3 is 1. The average Bonchev–Trinajstić information content (AvgIpc) is 2.50. The van der Waals surface area contributed by atoms with Crippen molar-refractivity contribution in [2.24, 2.45) is 0 Å². The minimum atomic E-state index is -4.62. The molecule has 1 aromatic carbocycles. The number of halogens is 3. The van der Waals surface area contributed by atoms with Gasteiger partial charge >= 0.3 is 12.1 Å². The van der Waals surface area contributed by atoms with Gasteiger partial charge in [-0.3, -0.25) is 0 Å². The molecule has 24 heavy (non-hydrogen) atoms. The van der Waals surface area contributed by atoms with Gasteiger partial charge in [0.2, 0.25) is 0 Å². The summed E-state index contributed by atoms with van der Waals surface area (Å²) in [7, 11) is 1.25. The molecule has 4 nitrogen and oxygen atoms in total. The molecule has 0 amide bonds. The number of hydrogen-bond acceptors (Lipinski definition) is 4. The molecule has 1 heterocycles. The first-order valence-electron chi connectivity index (χ1n) is 6.96. The van der Waals surface area contributed by atoms with Gasteiger partial charge < -0.3 is 14.4 Å². The van der Waals surface area contributed by atoms with E-state index in [2.05, 4.69) is 10.7 Å². The summed E-state index contributed by atoms with van der Waals surface area (Å²) in [4.78, 5) is 13.3. The number of esters is 1. The van der Waals surface area contributed by atoms with E-state index in [1.165, 1.54) is 19.2 Å². The van der Waals surface area contributed by atoms with Gasteiger partial charge in [0, 0.05) is 12.1 Å². The molecule has 1 atom stereocenters. The number of carbonyl (C=O) groups is 1. The molecule has 1 fully saturated rings. The monoisotopic (exact) mass is 357 g/mol. The fourth-order valence-electron chi connectivity index (χ4n) is 2.31. The van der Waals surface area contributed by atoms with Gasteiger partial charge in [0.05, 0.1) is 12.7 Å². The second kappa shape index (κ2) is 7.09. The van der Waals surface area contributed by atoms with Crippen molar-refractivity contribution in [3.05, 3.63) is 29.3 Å². The summed E-state index contributed by atoms with van der Waals surface area (Å²) in [5.41, 5.74) is -0.785. The number of ether oxygens (including phenoxy) is 2. The number of carbonyl (C=O) groups excluding carboxylic acids is 1. The first kappa shape index (κ1) is 18.1. The Labute approximate surface area is 142 Å². The van der Waals surface area contributed by atoms with E-state index >= 15 is 0 Å². The van der Waals surface area contributed by atoms with E-state index in [1.807, 2.05) is 0 Å². The van der Waals surface area contributed by atoms with E-state index < -0.39 is 23.8 Å². The van der Waals surface area contributed by atoms with Crippen molar-refractivity contribution in [3.8, 4) is 18.1 Å². The van der Waals surface area contributed by atoms with Crippen LogP contribution in [-0.2, 0) is 15.7 Å². The third-order valence-corrected chi connectivity index (χ3v) is 4.07. The first-order valence-corrected chi connectivity index (χ1v) is 7.36. The lowest BCUT2D eigenvalue weighted by molar-refractivity contribution is -0.148. The Morgan fingerprint density at radius 2 is 2.21 bits per heavy atom. The maximum Gasteiger partial charge on any atom is 0.419 e. The molecule has 0 bridgehead atoms. The van der Waals surface area contributed by atoms with Crippen LogP contribution in [0.5, 0.6) is 5.75 Å². The summed E-state index contributed by atoms with van der Waals surface area (Å²) in [5.74, 6) is 1.29. The molecule has 1 aromatic rings. The summed E-state index contributed by atoms with van der Waals surface area (Å²) >= 11 is 5.23. The van der Waals surface area contributed by atoms with Gasteiger partial charge in [0.1, 0.15) is 23.4 Å². The molecular weight excluding hydrogens is 343 g/mol. The molecule has 1 aliphatic heterocycles. The molecule has 0 radical (unpaired) electrons. The van der Waals surface area contributed by atoms with Crippen LogP contribution >= 0.6 is 12.2 Å². The predicted octanol–water partition coefficient (Wildman–Crippen LogP) is 2.64. The molecule has 1 unspecified atom stereocenters. The Kier molecular flexibility index (Phi) is 5.34. The second-order valence-electron chi connectivity index (χ2n) is 5.03. The van der Waals surface area contributed by atoms with Crippen molar-refractivity contribution in [3.63, 3.8) is 0 Å². The number of hydrogen-bond donors (Lipinski definition) is 0. The molecule has 1 aliphatic rings. The maximum atomic E-state index is 13.2. The number of thiocarbonyl (C=S) groups is 1. The number of alkyl halides is 3. The van der Waals surface area contributed by atoms with Crippen molar-refractivity contribution in [1.82, 2.24) is 4.90 Å². The molecule has 0 spiro atoms. The van der Waals surface area contributed by atoms with Gasteiger partial charge in [0.15, 0.2) is 0 Å². The van der Waals surface area contributed by atoms with E-state index in [4.69, 9.17) is 23.4 Å². The number of benzene rings is 1. The van der Waals surface area contributed by atoms with Crippen molar-refractivity contribution in [2.45, 2.75) is 18.6 Å². The quantitative estimate of drug-likeness (QED) is 0.471. The molecule has 0 aromatic heterocycles. The predicted molar refractivity (Wildman–Crippen MR) is 84.6 cm³/mol. The highest BCUT2D eigenvalue weighted by atomic mass is 32.1. The zero-order valence-corrected chi connectivity index (χ0v) is 13.5. The summed E-state index contributed by atoms with van der Waals surface area (Å²) in [6, 6.07) is 2.93. The van der Waals surface area contributed by atoms with Gasteiger partial charge in [-0.25, -0.2) is 4.79 Å². The van der Waals surface area contributed by atoms with Gasteiger partial charge in [-0.15, -0.1) is 6.42 Å². The third kappa shape index (κ3) is 3.62. The van der Waals surface area contributed by atoms with Crippen molar-refractivity contribution >= 4 is 23.2 Å². The highest BCUT2D eigenvalue weighted by Gasteiger charge is 2.39. The standard InChI is InChI=1S/C16H14F3NO3S/c1-3-8-23-13-5-4-10(9-11(13)16(17,18)19)14(24)20-7-6-12(20)15(21)22-2/h1,4-5,9,12H,6-8H2,2H3. The lowest BCUT2D eigenvalue weighted by Gasteiger charge is -2.40. The largest absolute Gasteiger partial charge is 0.480 e. The molecule has 0 aliphatic carbocycles. The van der Waals surface area contributed by atoms with Gasteiger partial charge in [0.25, 0.3) is 0 Å². The van der Waals surface area contributed by atoms with Crippen LogP contribution < -0.4 is 4.74 Å². The summed E-state index contributed by atoms with van der Waals surface area (Å²) < 4.78 is 49.2. The third-order valence-electron chi connectivity index (χ3n) is 3.60. The Hall–Kier alpha value is -2.27. The molecule has 1 saturated heterocycles. The highest BCUT2D eigenvalue weighted by Crippen LogP contribution is 2.37. The molecule has 8 heteroatoms. The molecule has 2 rings (SSSR count). The topological polar surface area (TPSA) is 38.8 Å². The van der Waals surface area contributed by atoms with Crippen LogP contribution in [0.15, 0.2) is 18.2 Å². The molecule has 0 N–H and O–H groups in total. The number of likely N-dealkylation sites (tertiary alicyclic amines) is 1. The molecule has 0 saturated carbocycles. The molecule has 128 valence electrons. The van der Waals surface area contributed by atoms with Gasteiger partial charge in [-0.1, -0.05) is 18.1 Å². The van der Waals surface area contributed by atoms with Gasteiger partial charge in [-0.2, -0.15) is 13.2 Å². The lowest BCUT2D eigenvalue weighted by atomic mass is 10.0. The second-order valence-corrected chi connectivity index (χ2v) is 5.41. The number of rotatable bonds is 4. The van der Waals surface area contributed by atoms with Crippen LogP contribution in [0.2, 0.25) is 0 Å². The lowest BCUT2D eigenvalue weighted by Crippen LogP contribution is -2.55. The normalized spacial score (nSPS) is 16.8. The SMILES string of the molecule is C#CCOc1ccc(C(=S)N2CCC2C(=O)OC)cc1C(F)(F)F. The van der Waals surface area contributed by atoms with Crippen LogP contribution in [0.25, 0.3) is 0 Å². The minimum absolute atomic E-state index is 0.158. The fourth-order valence-corrected chi connectivity index (χ4v) is 2.65. The van der Waals surface area contributed by atoms with Crippen molar-refractivity contribution in [2.75, 3.05) is 20.3 Å². The first-order chi connectivity index (χ1) is 11.3. The minimum Gasteiger partial charge on any atom is -0.480 e. The van der Waals surface area contributed by atoms with E-state index in [0.29, 0.717) is 13.0 Å². The van der Waals surface area contributed by atoms with Crippen LogP contribution in [0.3, 0.4) is 0 Å². The number of nitrogens with zero attached hydrogens (tertiary/aromatic N) is 1. The summed E-state index contributed by atoms with van der Waals surface area (Å²) in [6.45, 7) is 0.207. The van der Waals surface area contributed by atoms with Crippen LogP contribution in [0.4, 0.5) is 13.2 Å².